The first kappa shape index (κ1) is 15.4. The first-order chi connectivity index (χ1) is 11.3. The Morgan fingerprint density at radius 3 is 2.30 bits per heavy atom. The van der Waals surface area contributed by atoms with Crippen LogP contribution >= 0.6 is 0 Å². The first-order valence-electron chi connectivity index (χ1n) is 8.01. The first-order valence-corrected chi connectivity index (χ1v) is 8.01. The lowest BCUT2D eigenvalue weighted by atomic mass is 10.0. The van der Waals surface area contributed by atoms with E-state index < -0.39 is 0 Å². The van der Waals surface area contributed by atoms with Crippen LogP contribution in [-0.4, -0.2) is 32.1 Å². The molecule has 0 saturated carbocycles. The third-order valence-corrected chi connectivity index (χ3v) is 4.30. The monoisotopic (exact) mass is 310 g/mol. The van der Waals surface area contributed by atoms with Gasteiger partial charge < -0.3 is 15.0 Å². The Bertz CT molecular complexity index is 632. The molecule has 1 saturated heterocycles. The summed E-state index contributed by atoms with van der Waals surface area (Å²) in [4.78, 5) is 14.7. The number of carbonyl (C=O) groups is 1. The van der Waals surface area contributed by atoms with Crippen molar-refractivity contribution >= 4 is 11.6 Å². The zero-order valence-corrected chi connectivity index (χ0v) is 13.4. The van der Waals surface area contributed by atoms with Gasteiger partial charge in [0, 0.05) is 30.4 Å². The second-order valence-electron chi connectivity index (χ2n) is 5.80. The number of ether oxygens (including phenoxy) is 1. The molecule has 4 heteroatoms. The van der Waals surface area contributed by atoms with Gasteiger partial charge in [0.15, 0.2) is 0 Å². The Balaban J connectivity index is 1.53. The third-order valence-electron chi connectivity index (χ3n) is 4.30. The maximum Gasteiger partial charge on any atom is 0.251 e. The number of amides is 1. The highest BCUT2D eigenvalue weighted by Gasteiger charge is 2.21. The Morgan fingerprint density at radius 1 is 1.04 bits per heavy atom. The summed E-state index contributed by atoms with van der Waals surface area (Å²) < 4.78 is 5.12. The van der Waals surface area contributed by atoms with Crippen molar-refractivity contribution in [3.63, 3.8) is 0 Å². The van der Waals surface area contributed by atoms with Crippen molar-refractivity contribution in [1.29, 1.82) is 0 Å². The van der Waals surface area contributed by atoms with Crippen molar-refractivity contribution in [1.82, 2.24) is 5.32 Å². The van der Waals surface area contributed by atoms with Crippen LogP contribution < -0.4 is 15.0 Å². The molecule has 0 spiro atoms. The second-order valence-corrected chi connectivity index (χ2v) is 5.80. The van der Waals surface area contributed by atoms with E-state index >= 15 is 0 Å². The summed E-state index contributed by atoms with van der Waals surface area (Å²) in [6, 6.07) is 17.9. The van der Waals surface area contributed by atoms with Crippen LogP contribution in [0.3, 0.4) is 0 Å². The number of rotatable bonds is 4. The number of hydrogen-bond acceptors (Lipinski definition) is 3. The van der Waals surface area contributed by atoms with Gasteiger partial charge in [0.05, 0.1) is 7.11 Å². The Kier molecular flexibility index (Phi) is 4.81. The average Bonchev–Trinajstić information content (AvgIpc) is 2.63. The molecule has 1 aliphatic rings. The average molecular weight is 310 g/mol. The van der Waals surface area contributed by atoms with Crippen molar-refractivity contribution in [2.75, 3.05) is 25.1 Å². The van der Waals surface area contributed by atoms with E-state index in [1.54, 1.807) is 19.2 Å². The minimum atomic E-state index is -0.00851. The minimum Gasteiger partial charge on any atom is -0.497 e. The summed E-state index contributed by atoms with van der Waals surface area (Å²) >= 11 is 0. The number of nitrogens with one attached hydrogen (secondary N) is 1. The highest BCUT2D eigenvalue weighted by atomic mass is 16.5. The van der Waals surface area contributed by atoms with Gasteiger partial charge in [-0.1, -0.05) is 18.2 Å². The molecule has 3 rings (SSSR count). The Labute approximate surface area is 137 Å². The van der Waals surface area contributed by atoms with Gasteiger partial charge in [-0.15, -0.1) is 0 Å². The van der Waals surface area contributed by atoms with E-state index in [-0.39, 0.29) is 11.9 Å². The van der Waals surface area contributed by atoms with Crippen LogP contribution in [0.2, 0.25) is 0 Å². The van der Waals surface area contributed by atoms with Crippen LogP contribution in [-0.2, 0) is 0 Å². The molecule has 1 aliphatic heterocycles. The fraction of sp³-hybridized carbons (Fsp3) is 0.316. The topological polar surface area (TPSA) is 41.6 Å². The summed E-state index contributed by atoms with van der Waals surface area (Å²) in [7, 11) is 1.62. The maximum absolute atomic E-state index is 12.3. The predicted octanol–water partition coefficient (Wildman–Crippen LogP) is 3.09. The normalized spacial score (nSPS) is 15.3. The minimum absolute atomic E-state index is 0.00851. The molecular formula is C19H22N2O2. The third kappa shape index (κ3) is 3.83. The van der Waals surface area contributed by atoms with Gasteiger partial charge in [0.2, 0.25) is 0 Å². The largest absolute Gasteiger partial charge is 0.497 e. The van der Waals surface area contributed by atoms with Crippen LogP contribution in [0.4, 0.5) is 5.69 Å². The molecule has 23 heavy (non-hydrogen) atoms. The van der Waals surface area contributed by atoms with Gasteiger partial charge in [0.25, 0.3) is 5.91 Å². The lowest BCUT2D eigenvalue weighted by Gasteiger charge is -2.34. The van der Waals surface area contributed by atoms with E-state index in [1.807, 2.05) is 18.2 Å². The fourth-order valence-electron chi connectivity index (χ4n) is 2.93. The van der Waals surface area contributed by atoms with Crippen LogP contribution in [0.1, 0.15) is 23.2 Å². The van der Waals surface area contributed by atoms with Crippen molar-refractivity contribution in [2.24, 2.45) is 0 Å². The number of piperidine rings is 1. The quantitative estimate of drug-likeness (QED) is 0.943. The van der Waals surface area contributed by atoms with Crippen LogP contribution in [0, 0.1) is 0 Å². The lowest BCUT2D eigenvalue weighted by Crippen LogP contribution is -2.44. The molecule has 2 aromatic rings. The van der Waals surface area contributed by atoms with Gasteiger partial charge in [-0.3, -0.25) is 4.79 Å². The van der Waals surface area contributed by atoms with Crippen LogP contribution in [0.5, 0.6) is 5.75 Å². The summed E-state index contributed by atoms with van der Waals surface area (Å²) in [6.07, 6.45) is 1.94. The zero-order valence-electron chi connectivity index (χ0n) is 13.4. The molecule has 0 aliphatic carbocycles. The molecule has 1 amide bonds. The Morgan fingerprint density at radius 2 is 1.70 bits per heavy atom. The molecule has 1 fully saturated rings. The number of carbonyl (C=O) groups excluding carboxylic acids is 1. The fourth-order valence-corrected chi connectivity index (χ4v) is 2.93. The van der Waals surface area contributed by atoms with E-state index in [4.69, 9.17) is 4.74 Å². The molecule has 120 valence electrons. The molecule has 0 aromatic heterocycles. The molecule has 1 heterocycles. The molecule has 2 aromatic carbocycles. The summed E-state index contributed by atoms with van der Waals surface area (Å²) in [6.45, 7) is 1.94. The van der Waals surface area contributed by atoms with Gasteiger partial charge in [0.1, 0.15) is 5.75 Å². The second kappa shape index (κ2) is 7.18. The van der Waals surface area contributed by atoms with Crippen LogP contribution in [0.25, 0.3) is 0 Å². The molecular weight excluding hydrogens is 288 g/mol. The zero-order chi connectivity index (χ0) is 16.1. The van der Waals surface area contributed by atoms with E-state index in [0.717, 1.165) is 31.7 Å². The van der Waals surface area contributed by atoms with Crippen molar-refractivity contribution in [3.05, 3.63) is 60.2 Å². The van der Waals surface area contributed by atoms with Gasteiger partial charge in [-0.25, -0.2) is 0 Å². The molecule has 0 radical (unpaired) electrons. The van der Waals surface area contributed by atoms with Gasteiger partial charge >= 0.3 is 0 Å². The van der Waals surface area contributed by atoms with Crippen molar-refractivity contribution in [2.45, 2.75) is 18.9 Å². The van der Waals surface area contributed by atoms with Crippen LogP contribution in [0.15, 0.2) is 54.6 Å². The predicted molar refractivity (Wildman–Crippen MR) is 92.1 cm³/mol. The summed E-state index contributed by atoms with van der Waals surface area (Å²) in [5.41, 5.74) is 1.93. The summed E-state index contributed by atoms with van der Waals surface area (Å²) in [5, 5.41) is 3.14. The SMILES string of the molecule is COc1ccc(C(=O)NC2CCN(c3ccccc3)CC2)cc1. The van der Waals surface area contributed by atoms with Gasteiger partial charge in [-0.05, 0) is 49.2 Å². The van der Waals surface area contributed by atoms with Crippen molar-refractivity contribution in [3.8, 4) is 5.75 Å². The molecule has 0 bridgehead atoms. The van der Waals surface area contributed by atoms with E-state index in [9.17, 15) is 4.79 Å². The number of methoxy groups -OCH3 is 1. The van der Waals surface area contributed by atoms with E-state index in [1.165, 1.54) is 5.69 Å². The Hall–Kier alpha value is -2.49. The number of para-hydroxylation sites is 1. The highest BCUT2D eigenvalue weighted by Crippen LogP contribution is 2.20. The number of benzene rings is 2. The molecule has 1 N–H and O–H groups in total. The summed E-state index contributed by atoms with van der Waals surface area (Å²) in [5.74, 6) is 0.753. The number of anilines is 1. The van der Waals surface area contributed by atoms with E-state index in [0.29, 0.717) is 5.56 Å². The number of nitrogens with zero attached hydrogens (tertiary/aromatic N) is 1. The molecule has 0 atom stereocenters. The molecule has 4 nitrogen and oxygen atoms in total. The van der Waals surface area contributed by atoms with Crippen molar-refractivity contribution < 1.29 is 9.53 Å². The maximum atomic E-state index is 12.3. The number of hydrogen-bond donors (Lipinski definition) is 1. The molecule has 0 unspecified atom stereocenters. The standard InChI is InChI=1S/C19H22N2O2/c1-23-18-9-7-15(8-10-18)19(22)20-16-11-13-21(14-12-16)17-5-3-2-4-6-17/h2-10,16H,11-14H2,1H3,(H,20,22). The van der Waals surface area contributed by atoms with Gasteiger partial charge in [-0.2, -0.15) is 0 Å². The van der Waals surface area contributed by atoms with E-state index in [2.05, 4.69) is 34.5 Å². The smallest absolute Gasteiger partial charge is 0.251 e. The lowest BCUT2D eigenvalue weighted by molar-refractivity contribution is 0.0931. The highest BCUT2D eigenvalue weighted by molar-refractivity contribution is 5.94.